The normalized spacial score (nSPS) is 16.3. The van der Waals surface area contributed by atoms with Gasteiger partial charge in [-0.15, -0.1) is 0 Å². The Bertz CT molecular complexity index is 560. The third kappa shape index (κ3) is 2.57. The molecule has 19 heavy (non-hydrogen) atoms. The van der Waals surface area contributed by atoms with E-state index in [2.05, 4.69) is 39.2 Å². The van der Waals surface area contributed by atoms with Crippen LogP contribution in [0.3, 0.4) is 0 Å². The number of aryl methyl sites for hydroxylation is 1. The zero-order valence-corrected chi connectivity index (χ0v) is 11.2. The second-order valence-corrected chi connectivity index (χ2v) is 4.90. The molecule has 0 spiro atoms. The van der Waals surface area contributed by atoms with Crippen LogP contribution in [-0.2, 0) is 6.54 Å². The first-order chi connectivity index (χ1) is 9.28. The summed E-state index contributed by atoms with van der Waals surface area (Å²) in [5.41, 5.74) is 1.14. The van der Waals surface area contributed by atoms with E-state index in [1.54, 1.807) is 12.7 Å². The van der Waals surface area contributed by atoms with Gasteiger partial charge in [0.1, 0.15) is 24.3 Å². The molecule has 100 valence electrons. The largest absolute Gasteiger partial charge is 0.360 e. The summed E-state index contributed by atoms with van der Waals surface area (Å²) in [7, 11) is 0. The molecule has 0 unspecified atom stereocenters. The zero-order valence-electron chi connectivity index (χ0n) is 11.2. The maximum atomic E-state index is 4.32. The number of nitrogens with one attached hydrogen (secondary N) is 1. The van der Waals surface area contributed by atoms with Crippen LogP contribution in [0.25, 0.3) is 0 Å². The number of aromatic nitrogens is 5. The van der Waals surface area contributed by atoms with E-state index in [1.165, 1.54) is 12.8 Å². The lowest BCUT2D eigenvalue weighted by Crippen LogP contribution is -2.15. The molecule has 1 fully saturated rings. The highest BCUT2D eigenvalue weighted by atomic mass is 15.3. The molecule has 0 amide bonds. The van der Waals surface area contributed by atoms with Gasteiger partial charge >= 0.3 is 0 Å². The van der Waals surface area contributed by atoms with Crippen LogP contribution in [0.4, 0.5) is 5.82 Å². The van der Waals surface area contributed by atoms with E-state index in [1.807, 2.05) is 10.7 Å². The highest BCUT2D eigenvalue weighted by molar-refractivity contribution is 5.38. The summed E-state index contributed by atoms with van der Waals surface area (Å²) in [6.45, 7) is 4.94. The van der Waals surface area contributed by atoms with Crippen LogP contribution in [0, 0.1) is 0 Å². The van der Waals surface area contributed by atoms with Crippen LogP contribution >= 0.6 is 0 Å². The van der Waals surface area contributed by atoms with Gasteiger partial charge < -0.3 is 5.32 Å². The van der Waals surface area contributed by atoms with Gasteiger partial charge in [0.05, 0.1) is 6.04 Å². The molecular weight excluding hydrogens is 240 g/mol. The van der Waals surface area contributed by atoms with Crippen molar-refractivity contribution in [1.29, 1.82) is 0 Å². The van der Waals surface area contributed by atoms with Gasteiger partial charge in [-0.25, -0.2) is 19.6 Å². The number of hydrogen-bond acceptors (Lipinski definition) is 5. The molecule has 1 aliphatic carbocycles. The average Bonchev–Trinajstić information content (AvgIpc) is 3.16. The smallest absolute Gasteiger partial charge is 0.149 e. The summed E-state index contributed by atoms with van der Waals surface area (Å²) in [6.07, 6.45) is 5.71. The molecule has 1 saturated carbocycles. The van der Waals surface area contributed by atoms with Crippen molar-refractivity contribution in [2.24, 2.45) is 0 Å². The van der Waals surface area contributed by atoms with E-state index in [0.29, 0.717) is 5.92 Å². The third-order valence-electron chi connectivity index (χ3n) is 3.38. The fourth-order valence-electron chi connectivity index (χ4n) is 2.19. The van der Waals surface area contributed by atoms with Crippen molar-refractivity contribution in [1.82, 2.24) is 24.7 Å². The Hall–Kier alpha value is -1.98. The molecule has 0 radical (unpaired) electrons. The Labute approximate surface area is 112 Å². The maximum Gasteiger partial charge on any atom is 0.149 e. The minimum atomic E-state index is 0.0735. The highest BCUT2D eigenvalue weighted by Crippen LogP contribution is 2.39. The molecule has 2 aromatic rings. The Morgan fingerprint density at radius 1 is 1.32 bits per heavy atom. The van der Waals surface area contributed by atoms with Gasteiger partial charge in [0.25, 0.3) is 0 Å². The van der Waals surface area contributed by atoms with E-state index < -0.39 is 0 Å². The molecule has 1 atom stereocenters. The molecule has 6 heteroatoms. The third-order valence-corrected chi connectivity index (χ3v) is 3.38. The number of hydrogen-bond donors (Lipinski definition) is 1. The lowest BCUT2D eigenvalue weighted by molar-refractivity contribution is 0.592. The fourth-order valence-corrected chi connectivity index (χ4v) is 2.19. The lowest BCUT2D eigenvalue weighted by Gasteiger charge is -2.14. The van der Waals surface area contributed by atoms with Gasteiger partial charge in [0.15, 0.2) is 0 Å². The second kappa shape index (κ2) is 4.95. The first-order valence-corrected chi connectivity index (χ1v) is 6.74. The number of anilines is 1. The predicted octanol–water partition coefficient (Wildman–Crippen LogP) is 2.14. The zero-order chi connectivity index (χ0) is 13.2. The number of nitrogens with zero attached hydrogens (tertiary/aromatic N) is 5. The first-order valence-electron chi connectivity index (χ1n) is 6.74. The van der Waals surface area contributed by atoms with Crippen molar-refractivity contribution in [2.75, 3.05) is 5.32 Å². The lowest BCUT2D eigenvalue weighted by atomic mass is 10.2. The first kappa shape index (κ1) is 12.1. The van der Waals surface area contributed by atoms with Gasteiger partial charge in [-0.2, -0.15) is 5.10 Å². The molecule has 0 saturated heterocycles. The molecule has 6 nitrogen and oxygen atoms in total. The van der Waals surface area contributed by atoms with Crippen molar-refractivity contribution >= 4 is 5.82 Å². The molecule has 1 N–H and O–H groups in total. The van der Waals surface area contributed by atoms with Gasteiger partial charge in [-0.1, -0.05) is 0 Å². The van der Waals surface area contributed by atoms with Crippen molar-refractivity contribution in [3.05, 3.63) is 30.2 Å². The summed E-state index contributed by atoms with van der Waals surface area (Å²) in [5.74, 6) is 2.42. The van der Waals surface area contributed by atoms with E-state index in [9.17, 15) is 0 Å². The molecular formula is C13H18N6. The van der Waals surface area contributed by atoms with Crippen LogP contribution < -0.4 is 5.32 Å². The van der Waals surface area contributed by atoms with Crippen molar-refractivity contribution in [3.8, 4) is 0 Å². The van der Waals surface area contributed by atoms with Gasteiger partial charge in [0, 0.05) is 24.2 Å². The van der Waals surface area contributed by atoms with Gasteiger partial charge in [-0.05, 0) is 26.7 Å². The van der Waals surface area contributed by atoms with Crippen LogP contribution in [0.2, 0.25) is 0 Å². The summed E-state index contributed by atoms with van der Waals surface area (Å²) in [4.78, 5) is 12.9. The van der Waals surface area contributed by atoms with E-state index in [4.69, 9.17) is 0 Å². The van der Waals surface area contributed by atoms with Gasteiger partial charge in [0.2, 0.25) is 0 Å². The summed E-state index contributed by atoms with van der Waals surface area (Å²) in [6, 6.07) is 2.12. The summed E-state index contributed by atoms with van der Waals surface area (Å²) in [5, 5.41) is 7.55. The Morgan fingerprint density at radius 3 is 2.89 bits per heavy atom. The van der Waals surface area contributed by atoms with Crippen LogP contribution in [0.5, 0.6) is 0 Å². The number of rotatable bonds is 5. The molecule has 2 aromatic heterocycles. The van der Waals surface area contributed by atoms with Crippen LogP contribution in [0.1, 0.15) is 50.2 Å². The molecule has 1 aliphatic rings. The molecule has 0 bridgehead atoms. The Kier molecular flexibility index (Phi) is 3.15. The van der Waals surface area contributed by atoms with Crippen LogP contribution in [-0.4, -0.2) is 24.7 Å². The molecule has 0 aliphatic heterocycles. The van der Waals surface area contributed by atoms with Crippen molar-refractivity contribution in [2.45, 2.75) is 45.2 Å². The molecule has 2 heterocycles. The van der Waals surface area contributed by atoms with Gasteiger partial charge in [-0.3, -0.25) is 0 Å². The summed E-state index contributed by atoms with van der Waals surface area (Å²) < 4.78 is 1.89. The SMILES string of the molecule is CCn1ncnc1[C@H](C)Nc1cc(C2CC2)ncn1. The quantitative estimate of drug-likeness (QED) is 0.889. The minimum absolute atomic E-state index is 0.0735. The second-order valence-electron chi connectivity index (χ2n) is 4.90. The highest BCUT2D eigenvalue weighted by Gasteiger charge is 2.25. The fraction of sp³-hybridized carbons (Fsp3) is 0.538. The average molecular weight is 258 g/mol. The van der Waals surface area contributed by atoms with Crippen LogP contribution in [0.15, 0.2) is 18.7 Å². The summed E-state index contributed by atoms with van der Waals surface area (Å²) >= 11 is 0. The Balaban J connectivity index is 1.75. The van der Waals surface area contributed by atoms with E-state index in [-0.39, 0.29) is 6.04 Å². The Morgan fingerprint density at radius 2 is 2.16 bits per heavy atom. The maximum absolute atomic E-state index is 4.32. The predicted molar refractivity (Wildman–Crippen MR) is 71.7 cm³/mol. The van der Waals surface area contributed by atoms with Crippen molar-refractivity contribution in [3.63, 3.8) is 0 Å². The van der Waals surface area contributed by atoms with E-state index >= 15 is 0 Å². The monoisotopic (exact) mass is 258 g/mol. The molecule has 0 aromatic carbocycles. The molecule has 3 rings (SSSR count). The topological polar surface area (TPSA) is 68.5 Å². The standard InChI is InChI=1S/C13H18N6/c1-3-19-13(16-8-17-19)9(2)18-12-6-11(10-4-5-10)14-7-15-12/h6-10H,3-5H2,1-2H3,(H,14,15,18)/t9-/m0/s1. The minimum Gasteiger partial charge on any atom is -0.360 e. The van der Waals surface area contributed by atoms with E-state index in [0.717, 1.165) is 23.9 Å². The van der Waals surface area contributed by atoms with Crippen molar-refractivity contribution < 1.29 is 0 Å².